The molecule has 0 unspecified atom stereocenters. The number of anilines is 5. The van der Waals surface area contributed by atoms with Crippen molar-refractivity contribution in [2.24, 2.45) is 5.73 Å². The quantitative estimate of drug-likeness (QED) is 0.0632. The standard InChI is InChI=1S/C13H25N5.C10H17ClN4.C3H7I.C3H9N.2CH4/c1-5-7-14-11-9-12(16-10(3)4)18-13(17-11)15-8-6-2;1-3-5-12-9-7-8(11)14-10(15-9)13-6-4-2;2*1-3(2)4;;/h9-10H,5-8H2,1-4H3,(H3,14,15,16,17,18);7H,3-6H2,1-2H3,(H2,12,13,14,15);3H,1-2H3;3H,4H2,1-2H3;2*1H4. The molecule has 0 saturated carbocycles. The molecule has 0 radical (unpaired) electrons. The van der Waals surface area contributed by atoms with Gasteiger partial charge in [-0.3, -0.25) is 0 Å². The molecule has 0 aliphatic rings. The molecule has 0 atom stereocenters. The fraction of sp³-hybridized carbons (Fsp3) is 0.742. The topological polar surface area (TPSA) is 138 Å². The van der Waals surface area contributed by atoms with E-state index in [4.69, 9.17) is 17.3 Å². The van der Waals surface area contributed by atoms with E-state index in [1.807, 2.05) is 19.9 Å². The molecule has 0 amide bonds. The van der Waals surface area contributed by atoms with Crippen LogP contribution < -0.4 is 32.3 Å². The molecule has 0 aliphatic carbocycles. The molecule has 0 aliphatic heterocycles. The molecule has 10 nitrogen and oxygen atoms in total. The van der Waals surface area contributed by atoms with Gasteiger partial charge < -0.3 is 32.3 Å². The zero-order chi connectivity index (χ0) is 31.6. The summed E-state index contributed by atoms with van der Waals surface area (Å²) in [6, 6.07) is 4.37. The minimum Gasteiger partial charge on any atom is -0.370 e. The summed E-state index contributed by atoms with van der Waals surface area (Å²) in [5.74, 6) is 3.77. The minimum atomic E-state index is 0. The third-order valence-corrected chi connectivity index (χ3v) is 4.23. The lowest BCUT2D eigenvalue weighted by molar-refractivity contribution is 0.834. The number of nitrogens with two attached hydrogens (primary N) is 1. The number of hydrogen-bond donors (Lipinski definition) is 6. The predicted octanol–water partition coefficient (Wildman–Crippen LogP) is 9.17. The fourth-order valence-electron chi connectivity index (χ4n) is 2.55. The Kier molecular flexibility index (Phi) is 35.3. The van der Waals surface area contributed by atoms with Crippen LogP contribution >= 0.6 is 34.2 Å². The summed E-state index contributed by atoms with van der Waals surface area (Å²) in [7, 11) is 0. The van der Waals surface area contributed by atoms with E-state index in [-0.39, 0.29) is 14.9 Å². The first-order valence-corrected chi connectivity index (χ1v) is 16.6. The molecule has 2 aromatic rings. The van der Waals surface area contributed by atoms with Crippen LogP contribution in [0.25, 0.3) is 0 Å². The average molecular weight is 741 g/mol. The van der Waals surface area contributed by atoms with Gasteiger partial charge in [0.05, 0.1) is 0 Å². The first kappa shape index (κ1) is 48.1. The fourth-order valence-corrected chi connectivity index (χ4v) is 2.74. The molecule has 2 heterocycles. The molecule has 12 heteroatoms. The van der Waals surface area contributed by atoms with Crippen molar-refractivity contribution in [2.75, 3.05) is 52.8 Å². The molecule has 0 aromatic carbocycles. The molecule has 2 rings (SSSR count). The van der Waals surface area contributed by atoms with Crippen LogP contribution in [0, 0.1) is 0 Å². The summed E-state index contributed by atoms with van der Waals surface area (Å²) in [4.78, 5) is 17.3. The molecule has 254 valence electrons. The Morgan fingerprint density at radius 1 is 0.651 bits per heavy atom. The second-order valence-corrected chi connectivity index (χ2v) is 13.0. The predicted molar refractivity (Wildman–Crippen MR) is 205 cm³/mol. The van der Waals surface area contributed by atoms with Crippen LogP contribution in [0.1, 0.15) is 110 Å². The van der Waals surface area contributed by atoms with Gasteiger partial charge in [-0.25, -0.2) is 4.98 Å². The minimum absolute atomic E-state index is 0. The lowest BCUT2D eigenvalue weighted by atomic mass is 10.4. The van der Waals surface area contributed by atoms with Crippen molar-refractivity contribution in [2.45, 2.75) is 126 Å². The highest BCUT2D eigenvalue weighted by Gasteiger charge is 2.05. The summed E-state index contributed by atoms with van der Waals surface area (Å²) in [6.07, 6.45) is 4.23. The van der Waals surface area contributed by atoms with Gasteiger partial charge in [0, 0.05) is 48.3 Å². The first-order valence-electron chi connectivity index (χ1n) is 14.9. The van der Waals surface area contributed by atoms with E-state index < -0.39 is 0 Å². The Labute approximate surface area is 283 Å². The molecule has 0 bridgehead atoms. The van der Waals surface area contributed by atoms with Gasteiger partial charge in [-0.1, -0.05) is 104 Å². The SMILES string of the molecule is C.C.CC(C)I.CC(C)N.CCCNc1cc(Cl)nc(NCCC)n1.CCCNc1cc(NC(C)C)nc(NCCC)n1. The summed E-state index contributed by atoms with van der Waals surface area (Å²) < 4.78 is 0.803. The van der Waals surface area contributed by atoms with Gasteiger partial charge in [-0.2, -0.15) is 15.0 Å². The van der Waals surface area contributed by atoms with E-state index in [9.17, 15) is 0 Å². The molecule has 7 N–H and O–H groups in total. The van der Waals surface area contributed by atoms with Crippen molar-refractivity contribution in [3.63, 3.8) is 0 Å². The van der Waals surface area contributed by atoms with Crippen LogP contribution in [0.4, 0.5) is 29.4 Å². The molecule has 0 fully saturated rings. The van der Waals surface area contributed by atoms with Crippen LogP contribution in [-0.2, 0) is 0 Å². The van der Waals surface area contributed by atoms with Gasteiger partial charge in [-0.15, -0.1) is 0 Å². The normalized spacial score (nSPS) is 9.58. The van der Waals surface area contributed by atoms with Crippen LogP contribution in [0.2, 0.25) is 5.15 Å². The van der Waals surface area contributed by atoms with Gasteiger partial charge >= 0.3 is 0 Å². The number of rotatable bonds is 14. The van der Waals surface area contributed by atoms with E-state index in [0.29, 0.717) is 29.1 Å². The molecular weight excluding hydrogens is 675 g/mol. The zero-order valence-electron chi connectivity index (χ0n) is 27.2. The molecule has 0 spiro atoms. The number of nitrogens with one attached hydrogen (secondary N) is 5. The van der Waals surface area contributed by atoms with Crippen molar-refractivity contribution in [1.82, 2.24) is 19.9 Å². The number of nitrogens with zero attached hydrogens (tertiary/aromatic N) is 4. The second-order valence-electron chi connectivity index (χ2n) is 10.1. The van der Waals surface area contributed by atoms with Gasteiger partial charge in [-0.05, 0) is 45.6 Å². The Morgan fingerprint density at radius 3 is 1.35 bits per heavy atom. The Hall–Kier alpha value is -1.86. The molecule has 0 saturated heterocycles. The highest BCUT2D eigenvalue weighted by molar-refractivity contribution is 14.1. The maximum Gasteiger partial charge on any atom is 0.226 e. The van der Waals surface area contributed by atoms with E-state index in [2.05, 4.69) is 125 Å². The first-order chi connectivity index (χ1) is 19.4. The Morgan fingerprint density at radius 2 is 0.977 bits per heavy atom. The summed E-state index contributed by atoms with van der Waals surface area (Å²) >= 11 is 8.22. The summed E-state index contributed by atoms with van der Waals surface area (Å²) in [5, 5.41) is 16.6. The second kappa shape index (κ2) is 31.6. The maximum atomic E-state index is 5.88. The smallest absolute Gasteiger partial charge is 0.226 e. The highest BCUT2D eigenvalue weighted by Crippen LogP contribution is 2.16. The van der Waals surface area contributed by atoms with Crippen LogP contribution in [0.5, 0.6) is 0 Å². The van der Waals surface area contributed by atoms with Crippen LogP contribution in [-0.4, -0.2) is 62.1 Å². The van der Waals surface area contributed by atoms with E-state index in [0.717, 1.165) is 73.2 Å². The number of hydrogen-bond acceptors (Lipinski definition) is 10. The van der Waals surface area contributed by atoms with Gasteiger partial charge in [0.2, 0.25) is 11.9 Å². The van der Waals surface area contributed by atoms with E-state index in [1.54, 1.807) is 6.07 Å². The monoisotopic (exact) mass is 740 g/mol. The lowest BCUT2D eigenvalue weighted by Crippen LogP contribution is -2.14. The summed E-state index contributed by atoms with van der Waals surface area (Å²) in [5.41, 5.74) is 5.11. The zero-order valence-corrected chi connectivity index (χ0v) is 30.1. The van der Waals surface area contributed by atoms with Gasteiger partial charge in [0.1, 0.15) is 22.6 Å². The van der Waals surface area contributed by atoms with Crippen LogP contribution in [0.3, 0.4) is 0 Å². The molecular formula is C31H66ClIN10. The largest absolute Gasteiger partial charge is 0.370 e. The number of halogens is 2. The van der Waals surface area contributed by atoms with Crippen LogP contribution in [0.15, 0.2) is 12.1 Å². The van der Waals surface area contributed by atoms with Crippen molar-refractivity contribution in [3.8, 4) is 0 Å². The lowest BCUT2D eigenvalue weighted by Gasteiger charge is -2.13. The highest BCUT2D eigenvalue weighted by atomic mass is 127. The Balaban J connectivity index is -0.000000275. The average Bonchev–Trinajstić information content (AvgIpc) is 2.87. The summed E-state index contributed by atoms with van der Waals surface area (Å²) in [6.45, 7) is 24.4. The third-order valence-electron chi connectivity index (χ3n) is 4.04. The van der Waals surface area contributed by atoms with Crippen molar-refractivity contribution in [1.29, 1.82) is 0 Å². The van der Waals surface area contributed by atoms with Gasteiger partial charge in [0.25, 0.3) is 0 Å². The van der Waals surface area contributed by atoms with Crippen molar-refractivity contribution < 1.29 is 0 Å². The maximum absolute atomic E-state index is 5.88. The number of alkyl halides is 1. The number of aromatic nitrogens is 4. The van der Waals surface area contributed by atoms with Crippen molar-refractivity contribution in [3.05, 3.63) is 17.3 Å². The van der Waals surface area contributed by atoms with E-state index >= 15 is 0 Å². The molecule has 2 aromatic heterocycles. The van der Waals surface area contributed by atoms with Gasteiger partial charge in [0.15, 0.2) is 0 Å². The van der Waals surface area contributed by atoms with Crippen molar-refractivity contribution >= 4 is 63.5 Å². The third kappa shape index (κ3) is 32.9. The van der Waals surface area contributed by atoms with E-state index in [1.165, 1.54) is 0 Å². The Bertz CT molecular complexity index is 822. The molecule has 43 heavy (non-hydrogen) atoms.